The van der Waals surface area contributed by atoms with Crippen LogP contribution in [0.25, 0.3) is 0 Å². The fourth-order valence-electron chi connectivity index (χ4n) is 4.09. The molecule has 0 unspecified atom stereocenters. The van der Waals surface area contributed by atoms with Gasteiger partial charge in [0.05, 0.1) is 0 Å². The number of hydrogen-bond acceptors (Lipinski definition) is 5. The Morgan fingerprint density at radius 3 is 2.74 bits per heavy atom. The molecule has 31 heavy (non-hydrogen) atoms. The van der Waals surface area contributed by atoms with E-state index < -0.39 is 0 Å². The molecule has 2 N–H and O–H groups in total. The molecule has 7 nitrogen and oxygen atoms in total. The van der Waals surface area contributed by atoms with E-state index in [2.05, 4.69) is 27.5 Å². The van der Waals surface area contributed by atoms with Crippen molar-refractivity contribution in [3.63, 3.8) is 0 Å². The van der Waals surface area contributed by atoms with Gasteiger partial charge in [0.2, 0.25) is 5.88 Å². The third kappa shape index (κ3) is 9.03. The predicted molar refractivity (Wildman–Crippen MR) is 123 cm³/mol. The van der Waals surface area contributed by atoms with Crippen LogP contribution in [0.4, 0.5) is 0 Å². The van der Waals surface area contributed by atoms with Gasteiger partial charge in [-0.05, 0) is 68.4 Å². The highest BCUT2D eigenvalue weighted by Crippen LogP contribution is 2.26. The van der Waals surface area contributed by atoms with Gasteiger partial charge in [-0.2, -0.15) is 0 Å². The van der Waals surface area contributed by atoms with Crippen LogP contribution in [-0.4, -0.2) is 57.1 Å². The number of pyridine rings is 1. The van der Waals surface area contributed by atoms with Crippen LogP contribution in [0.15, 0.2) is 23.3 Å². The number of rotatable bonds is 10. The van der Waals surface area contributed by atoms with Crippen molar-refractivity contribution < 1.29 is 14.2 Å². The van der Waals surface area contributed by atoms with Gasteiger partial charge < -0.3 is 24.8 Å². The molecular weight excluding hydrogens is 392 g/mol. The van der Waals surface area contributed by atoms with Crippen molar-refractivity contribution in [1.82, 2.24) is 15.6 Å². The average molecular weight is 433 g/mol. The Hall–Kier alpha value is -1.86. The van der Waals surface area contributed by atoms with E-state index in [1.807, 2.05) is 18.3 Å². The van der Waals surface area contributed by atoms with Gasteiger partial charge in [-0.3, -0.25) is 4.99 Å². The second-order valence-corrected chi connectivity index (χ2v) is 8.84. The van der Waals surface area contributed by atoms with Crippen molar-refractivity contribution in [2.75, 3.05) is 40.0 Å². The third-order valence-corrected chi connectivity index (χ3v) is 6.19. The second-order valence-electron chi connectivity index (χ2n) is 8.84. The Morgan fingerprint density at radius 2 is 1.97 bits per heavy atom. The molecule has 2 aliphatic rings. The van der Waals surface area contributed by atoms with Crippen LogP contribution in [0.3, 0.4) is 0 Å². The molecule has 174 valence electrons. The number of nitrogens with one attached hydrogen (secondary N) is 2. The molecule has 0 spiro atoms. The molecule has 1 aromatic heterocycles. The van der Waals surface area contributed by atoms with Crippen LogP contribution in [0.1, 0.15) is 57.4 Å². The van der Waals surface area contributed by atoms with Gasteiger partial charge in [0.15, 0.2) is 5.96 Å². The first-order valence-electron chi connectivity index (χ1n) is 11.9. The fourth-order valence-corrected chi connectivity index (χ4v) is 4.09. The van der Waals surface area contributed by atoms with E-state index >= 15 is 0 Å². The van der Waals surface area contributed by atoms with Gasteiger partial charge >= 0.3 is 0 Å². The molecule has 0 atom stereocenters. The van der Waals surface area contributed by atoms with Crippen molar-refractivity contribution >= 4 is 5.96 Å². The summed E-state index contributed by atoms with van der Waals surface area (Å²) in [6, 6.07) is 4.04. The van der Waals surface area contributed by atoms with Crippen LogP contribution < -0.4 is 15.4 Å². The van der Waals surface area contributed by atoms with Gasteiger partial charge in [-0.1, -0.05) is 6.92 Å². The maximum atomic E-state index is 6.12. The molecule has 0 amide bonds. The number of aromatic nitrogens is 1. The molecule has 1 saturated heterocycles. The van der Waals surface area contributed by atoms with Crippen LogP contribution in [0.2, 0.25) is 0 Å². The van der Waals surface area contributed by atoms with Crippen LogP contribution in [-0.2, 0) is 16.0 Å². The highest BCUT2D eigenvalue weighted by atomic mass is 16.5. The lowest BCUT2D eigenvalue weighted by atomic mass is 9.89. The van der Waals surface area contributed by atoms with E-state index in [0.29, 0.717) is 18.6 Å². The molecule has 1 aliphatic heterocycles. The second kappa shape index (κ2) is 13.5. The average Bonchev–Trinajstić information content (AvgIpc) is 2.80. The predicted octanol–water partition coefficient (Wildman–Crippen LogP) is 3.54. The molecule has 1 aromatic rings. The number of nitrogens with zero attached hydrogens (tertiary/aromatic N) is 2. The standard InChI is InChI=1S/C24H40N4O3/c1-19-4-6-22(7-5-19)31-23-16-21(8-12-26-23)17-28-24(25-2)27-11-3-13-30-18-20-9-14-29-15-10-20/h8,12,16,19-20,22H,3-7,9-11,13-15,17-18H2,1-2H3,(H2,25,27,28). The van der Waals surface area contributed by atoms with Gasteiger partial charge in [-0.25, -0.2) is 4.98 Å². The van der Waals surface area contributed by atoms with Crippen LogP contribution in [0.5, 0.6) is 5.88 Å². The smallest absolute Gasteiger partial charge is 0.213 e. The zero-order chi connectivity index (χ0) is 21.7. The van der Waals surface area contributed by atoms with Crippen molar-refractivity contribution in [2.24, 2.45) is 16.8 Å². The maximum Gasteiger partial charge on any atom is 0.213 e. The molecule has 3 rings (SSSR count). The lowest BCUT2D eigenvalue weighted by Crippen LogP contribution is -2.37. The van der Waals surface area contributed by atoms with Crippen molar-refractivity contribution in [3.05, 3.63) is 23.9 Å². The summed E-state index contributed by atoms with van der Waals surface area (Å²) in [6.07, 6.45) is 10.1. The molecule has 2 heterocycles. The Bertz CT molecular complexity index is 656. The minimum Gasteiger partial charge on any atom is -0.474 e. The van der Waals surface area contributed by atoms with E-state index in [9.17, 15) is 0 Å². The van der Waals surface area contributed by atoms with Gasteiger partial charge in [0, 0.05) is 58.8 Å². The normalized spacial score (nSPS) is 22.8. The third-order valence-electron chi connectivity index (χ3n) is 6.19. The Kier molecular flexibility index (Phi) is 10.4. The molecule has 0 aromatic carbocycles. The first kappa shape index (κ1) is 23.8. The highest BCUT2D eigenvalue weighted by Gasteiger charge is 2.20. The fraction of sp³-hybridized carbons (Fsp3) is 0.750. The van der Waals surface area contributed by atoms with Crippen molar-refractivity contribution in [1.29, 1.82) is 0 Å². The van der Waals surface area contributed by atoms with E-state index in [-0.39, 0.29) is 0 Å². The number of guanidine groups is 1. The molecule has 0 bridgehead atoms. The summed E-state index contributed by atoms with van der Waals surface area (Å²) in [6.45, 7) is 7.21. The van der Waals surface area contributed by atoms with Gasteiger partial charge in [0.25, 0.3) is 0 Å². The summed E-state index contributed by atoms with van der Waals surface area (Å²) in [7, 11) is 1.79. The Balaban J connectivity index is 1.30. The van der Waals surface area contributed by atoms with Crippen LogP contribution in [0, 0.1) is 11.8 Å². The molecule has 2 fully saturated rings. The zero-order valence-corrected chi connectivity index (χ0v) is 19.3. The molecule has 7 heteroatoms. The summed E-state index contributed by atoms with van der Waals surface area (Å²) in [4.78, 5) is 8.71. The monoisotopic (exact) mass is 432 g/mol. The Morgan fingerprint density at radius 1 is 1.16 bits per heavy atom. The van der Waals surface area contributed by atoms with Crippen molar-refractivity contribution in [3.8, 4) is 5.88 Å². The number of ether oxygens (including phenoxy) is 3. The zero-order valence-electron chi connectivity index (χ0n) is 19.3. The minimum absolute atomic E-state index is 0.301. The number of aliphatic imine (C=N–C) groups is 1. The van der Waals surface area contributed by atoms with E-state index in [1.54, 1.807) is 7.05 Å². The largest absolute Gasteiger partial charge is 0.474 e. The Labute approximate surface area is 187 Å². The summed E-state index contributed by atoms with van der Waals surface area (Å²) in [5.41, 5.74) is 1.14. The molecule has 1 saturated carbocycles. The highest BCUT2D eigenvalue weighted by molar-refractivity contribution is 5.79. The molecule has 1 aliphatic carbocycles. The number of hydrogen-bond donors (Lipinski definition) is 2. The lowest BCUT2D eigenvalue weighted by Gasteiger charge is -2.26. The topological polar surface area (TPSA) is 77.0 Å². The summed E-state index contributed by atoms with van der Waals surface area (Å²) in [5.74, 6) is 3.00. The van der Waals surface area contributed by atoms with Crippen molar-refractivity contribution in [2.45, 2.75) is 64.5 Å². The summed E-state index contributed by atoms with van der Waals surface area (Å²) in [5, 5.41) is 6.72. The van der Waals surface area contributed by atoms with E-state index in [4.69, 9.17) is 14.2 Å². The van der Waals surface area contributed by atoms with Crippen LogP contribution >= 0.6 is 0 Å². The molecular formula is C24H40N4O3. The summed E-state index contributed by atoms with van der Waals surface area (Å²) >= 11 is 0. The summed E-state index contributed by atoms with van der Waals surface area (Å²) < 4.78 is 17.3. The van der Waals surface area contributed by atoms with Gasteiger partial charge in [-0.15, -0.1) is 0 Å². The first-order chi connectivity index (χ1) is 15.2. The quantitative estimate of drug-likeness (QED) is 0.335. The SMILES string of the molecule is CN=C(NCCCOCC1CCOCC1)NCc1ccnc(OC2CCC(C)CC2)c1. The van der Waals surface area contributed by atoms with Gasteiger partial charge in [0.1, 0.15) is 6.10 Å². The van der Waals surface area contributed by atoms with E-state index in [0.717, 1.165) is 88.4 Å². The minimum atomic E-state index is 0.301. The molecule has 0 radical (unpaired) electrons. The van der Waals surface area contributed by atoms with E-state index in [1.165, 1.54) is 12.8 Å². The maximum absolute atomic E-state index is 6.12. The first-order valence-corrected chi connectivity index (χ1v) is 11.9. The lowest BCUT2D eigenvalue weighted by molar-refractivity contribution is 0.0203.